The molecule has 1 aliphatic rings. The topological polar surface area (TPSA) is 153 Å². The Kier molecular flexibility index (Phi) is 4.19. The zero-order valence-corrected chi connectivity index (χ0v) is 12.5. The molecule has 0 aliphatic carbocycles. The van der Waals surface area contributed by atoms with Gasteiger partial charge in [-0.05, 0) is 6.92 Å². The van der Waals surface area contributed by atoms with Crippen molar-refractivity contribution in [3.63, 3.8) is 0 Å². The fourth-order valence-electron chi connectivity index (χ4n) is 2.94. The molecule has 4 atom stereocenters. The number of aliphatic hydroxyl groups excluding tert-OH is 2. The SMILES string of the molecule is C[C@@]1(F)C(O)C(CO)O[C@H]1n1cc(B(O)O)c2c(NO)ncnc21. The van der Waals surface area contributed by atoms with Gasteiger partial charge in [0.1, 0.15) is 24.2 Å². The van der Waals surface area contributed by atoms with Gasteiger partial charge in [-0.15, -0.1) is 0 Å². The van der Waals surface area contributed by atoms with E-state index >= 15 is 0 Å². The number of ether oxygens (including phenoxy) is 1. The van der Waals surface area contributed by atoms with E-state index in [4.69, 9.17) is 9.94 Å². The van der Waals surface area contributed by atoms with Gasteiger partial charge in [0.25, 0.3) is 0 Å². The molecule has 10 nitrogen and oxygen atoms in total. The smallest absolute Gasteiger partial charge is 0.423 e. The lowest BCUT2D eigenvalue weighted by molar-refractivity contribution is -0.0563. The molecule has 1 aliphatic heterocycles. The lowest BCUT2D eigenvalue weighted by atomic mass is 9.80. The van der Waals surface area contributed by atoms with Crippen molar-refractivity contribution < 1.29 is 34.6 Å². The van der Waals surface area contributed by atoms with E-state index in [9.17, 15) is 24.7 Å². The summed E-state index contributed by atoms with van der Waals surface area (Å²) in [7, 11) is -1.95. The molecule has 6 N–H and O–H groups in total. The van der Waals surface area contributed by atoms with Crippen LogP contribution in [0, 0.1) is 0 Å². The number of nitrogens with zero attached hydrogens (tertiary/aromatic N) is 3. The van der Waals surface area contributed by atoms with Gasteiger partial charge in [-0.3, -0.25) is 10.7 Å². The van der Waals surface area contributed by atoms with Gasteiger partial charge in [-0.2, -0.15) is 0 Å². The summed E-state index contributed by atoms with van der Waals surface area (Å²) in [6, 6.07) is 0. The van der Waals surface area contributed by atoms with Crippen molar-refractivity contribution in [2.45, 2.75) is 31.0 Å². The summed E-state index contributed by atoms with van der Waals surface area (Å²) in [6.45, 7) is 0.509. The summed E-state index contributed by atoms with van der Waals surface area (Å²) in [5, 5.41) is 47.5. The van der Waals surface area contributed by atoms with Gasteiger partial charge >= 0.3 is 7.12 Å². The van der Waals surface area contributed by atoms with Gasteiger partial charge in [0, 0.05) is 11.7 Å². The highest BCUT2D eigenvalue weighted by molar-refractivity contribution is 6.62. The molecule has 1 saturated heterocycles. The lowest BCUT2D eigenvalue weighted by Crippen LogP contribution is -2.40. The van der Waals surface area contributed by atoms with E-state index in [-0.39, 0.29) is 22.3 Å². The van der Waals surface area contributed by atoms with Crippen molar-refractivity contribution >= 4 is 29.4 Å². The predicted octanol–water partition coefficient (Wildman–Crippen LogP) is -2.11. The summed E-state index contributed by atoms with van der Waals surface area (Å²) in [5.74, 6) is -0.111. The van der Waals surface area contributed by atoms with Crippen LogP contribution in [0.4, 0.5) is 10.2 Å². The molecule has 0 bridgehead atoms. The summed E-state index contributed by atoms with van der Waals surface area (Å²) in [5.41, 5.74) is -0.523. The second-order valence-electron chi connectivity index (χ2n) is 5.70. The van der Waals surface area contributed by atoms with Gasteiger partial charge in [-0.1, -0.05) is 0 Å². The molecule has 2 unspecified atom stereocenters. The van der Waals surface area contributed by atoms with E-state index in [1.165, 1.54) is 6.20 Å². The molecule has 0 radical (unpaired) electrons. The fraction of sp³-hybridized carbons (Fsp3) is 0.500. The van der Waals surface area contributed by atoms with Crippen LogP contribution < -0.4 is 10.9 Å². The van der Waals surface area contributed by atoms with Crippen molar-refractivity contribution in [2.24, 2.45) is 0 Å². The van der Waals surface area contributed by atoms with Gasteiger partial charge in [0.2, 0.25) is 0 Å². The minimum atomic E-state index is -2.28. The zero-order chi connectivity index (χ0) is 17.6. The second kappa shape index (κ2) is 5.91. The summed E-state index contributed by atoms with van der Waals surface area (Å²) >= 11 is 0. The average molecular weight is 342 g/mol. The van der Waals surface area contributed by atoms with Crippen LogP contribution >= 0.6 is 0 Å². The quantitative estimate of drug-likeness (QED) is 0.271. The first-order valence-electron chi connectivity index (χ1n) is 7.07. The maximum Gasteiger partial charge on any atom is 0.490 e. The van der Waals surface area contributed by atoms with Crippen LogP contribution in [0.2, 0.25) is 0 Å². The molecular formula is C12H16BFN4O6. The highest BCUT2D eigenvalue weighted by atomic mass is 19.1. The van der Waals surface area contributed by atoms with Gasteiger partial charge in [0.15, 0.2) is 17.7 Å². The van der Waals surface area contributed by atoms with Crippen LogP contribution in [0.15, 0.2) is 12.5 Å². The number of hydrogen-bond donors (Lipinski definition) is 6. The molecule has 1 fully saturated rings. The van der Waals surface area contributed by atoms with E-state index in [1.807, 2.05) is 5.48 Å². The molecule has 2 aromatic heterocycles. The number of fused-ring (bicyclic) bond motifs is 1. The Hall–Kier alpha value is -1.83. The van der Waals surface area contributed by atoms with Crippen molar-refractivity contribution in [3.8, 4) is 0 Å². The Morgan fingerprint density at radius 3 is 2.71 bits per heavy atom. The zero-order valence-electron chi connectivity index (χ0n) is 12.5. The van der Waals surface area contributed by atoms with E-state index in [1.54, 1.807) is 0 Å². The highest BCUT2D eigenvalue weighted by Gasteiger charge is 2.55. The molecular weight excluding hydrogens is 326 g/mol. The number of anilines is 1. The Balaban J connectivity index is 2.21. The molecule has 130 valence electrons. The summed E-state index contributed by atoms with van der Waals surface area (Å²) in [6.07, 6.45) is -1.87. The van der Waals surface area contributed by atoms with Crippen molar-refractivity contribution in [1.82, 2.24) is 14.5 Å². The van der Waals surface area contributed by atoms with Crippen LogP contribution in [-0.2, 0) is 4.74 Å². The monoisotopic (exact) mass is 342 g/mol. The Bertz CT molecular complexity index is 756. The molecule has 3 heterocycles. The third-order valence-electron chi connectivity index (χ3n) is 4.17. The largest absolute Gasteiger partial charge is 0.490 e. The van der Waals surface area contributed by atoms with Gasteiger partial charge < -0.3 is 29.6 Å². The number of aromatic nitrogens is 3. The van der Waals surface area contributed by atoms with Crippen molar-refractivity contribution in [1.29, 1.82) is 0 Å². The number of rotatable bonds is 4. The van der Waals surface area contributed by atoms with E-state index < -0.39 is 37.8 Å². The van der Waals surface area contributed by atoms with Crippen molar-refractivity contribution in [3.05, 3.63) is 12.5 Å². The van der Waals surface area contributed by atoms with E-state index in [0.29, 0.717) is 0 Å². The maximum absolute atomic E-state index is 15.0. The highest BCUT2D eigenvalue weighted by Crippen LogP contribution is 2.42. The lowest BCUT2D eigenvalue weighted by Gasteiger charge is -2.25. The average Bonchev–Trinajstić information content (AvgIpc) is 3.04. The molecule has 0 saturated carbocycles. The molecule has 0 amide bonds. The standard InChI is InChI=1S/C12H16BFN4O6/c1-12(14)8(20)6(3-19)24-11(12)18-2-5(13(21)22)7-9(17-23)15-4-16-10(7)18/h2,4,6,8,11,19-23H,3H2,1H3,(H,15,16,17)/t6?,8?,11-,12-/m1/s1. The minimum absolute atomic E-state index is 0.0457. The molecule has 2 aromatic rings. The fourth-order valence-corrected chi connectivity index (χ4v) is 2.94. The van der Waals surface area contributed by atoms with Gasteiger partial charge in [0.05, 0.1) is 12.0 Å². The number of hydrogen-bond acceptors (Lipinski definition) is 9. The molecule has 12 heteroatoms. The number of nitrogens with one attached hydrogen (secondary N) is 1. The van der Waals surface area contributed by atoms with E-state index in [0.717, 1.165) is 17.8 Å². The summed E-state index contributed by atoms with van der Waals surface area (Å²) < 4.78 is 21.5. The number of alkyl halides is 1. The minimum Gasteiger partial charge on any atom is -0.423 e. The first kappa shape index (κ1) is 17.0. The van der Waals surface area contributed by atoms with Crippen LogP contribution in [-0.4, -0.2) is 71.6 Å². The molecule has 0 aromatic carbocycles. The first-order valence-corrected chi connectivity index (χ1v) is 7.07. The van der Waals surface area contributed by atoms with Crippen molar-refractivity contribution in [2.75, 3.05) is 12.1 Å². The van der Waals surface area contributed by atoms with Crippen LogP contribution in [0.3, 0.4) is 0 Å². The van der Waals surface area contributed by atoms with Crippen LogP contribution in [0.1, 0.15) is 13.2 Å². The number of aliphatic hydroxyl groups is 2. The number of halogens is 1. The summed E-state index contributed by atoms with van der Waals surface area (Å²) in [4.78, 5) is 7.73. The third-order valence-corrected chi connectivity index (χ3v) is 4.17. The third kappa shape index (κ3) is 2.35. The normalized spacial score (nSPS) is 30.0. The predicted molar refractivity (Wildman–Crippen MR) is 79.3 cm³/mol. The van der Waals surface area contributed by atoms with Crippen LogP contribution in [0.5, 0.6) is 0 Å². The molecule has 3 rings (SSSR count). The molecule has 0 spiro atoms. The first-order chi connectivity index (χ1) is 11.3. The Labute approximate surface area is 135 Å². The maximum atomic E-state index is 15.0. The van der Waals surface area contributed by atoms with Gasteiger partial charge in [-0.25, -0.2) is 14.4 Å². The Morgan fingerprint density at radius 2 is 2.17 bits per heavy atom. The van der Waals surface area contributed by atoms with Crippen LogP contribution in [0.25, 0.3) is 11.0 Å². The second-order valence-corrected chi connectivity index (χ2v) is 5.70. The Morgan fingerprint density at radius 1 is 1.46 bits per heavy atom. The molecule has 24 heavy (non-hydrogen) atoms. The van der Waals surface area contributed by atoms with E-state index in [2.05, 4.69) is 9.97 Å².